The maximum atomic E-state index is 12.9. The van der Waals surface area contributed by atoms with E-state index in [-0.39, 0.29) is 36.8 Å². The quantitative estimate of drug-likeness (QED) is 0.621. The van der Waals surface area contributed by atoms with Gasteiger partial charge in [0.15, 0.2) is 0 Å². The van der Waals surface area contributed by atoms with Gasteiger partial charge in [0.1, 0.15) is 5.82 Å². The Morgan fingerprint density at radius 1 is 0.967 bits per heavy atom. The van der Waals surface area contributed by atoms with Crippen molar-refractivity contribution in [3.05, 3.63) is 71.0 Å². The van der Waals surface area contributed by atoms with E-state index in [1.807, 2.05) is 12.1 Å². The molecular formula is C22H25FN4O3. The summed E-state index contributed by atoms with van der Waals surface area (Å²) in [6.07, 6.45) is 1.89. The standard InChI is InChI=1S/C22H25FN4O3/c1-24-21(29)17-6-2-16(3-7-17)14-27(19-10-11-19)20(28)13-26-22(30)25-12-15-4-8-18(23)9-5-15/h2-9,19H,10-14H2,1H3,(H,24,29)(H2,25,26,30). The Morgan fingerprint density at radius 2 is 1.60 bits per heavy atom. The number of amides is 4. The van der Waals surface area contributed by atoms with Crippen molar-refractivity contribution in [3.63, 3.8) is 0 Å². The minimum absolute atomic E-state index is 0.109. The number of hydrogen-bond acceptors (Lipinski definition) is 3. The van der Waals surface area contributed by atoms with E-state index in [1.54, 1.807) is 36.2 Å². The monoisotopic (exact) mass is 412 g/mol. The minimum Gasteiger partial charge on any atom is -0.355 e. The number of urea groups is 1. The van der Waals surface area contributed by atoms with Crippen LogP contribution in [0.4, 0.5) is 9.18 Å². The number of nitrogens with one attached hydrogen (secondary N) is 3. The van der Waals surface area contributed by atoms with E-state index in [2.05, 4.69) is 16.0 Å². The molecular weight excluding hydrogens is 387 g/mol. The van der Waals surface area contributed by atoms with E-state index in [0.717, 1.165) is 24.0 Å². The van der Waals surface area contributed by atoms with Crippen LogP contribution >= 0.6 is 0 Å². The van der Waals surface area contributed by atoms with E-state index < -0.39 is 6.03 Å². The molecule has 0 atom stereocenters. The number of carbonyl (C=O) groups is 3. The summed E-state index contributed by atoms with van der Waals surface area (Å²) < 4.78 is 12.9. The van der Waals surface area contributed by atoms with Gasteiger partial charge in [-0.15, -0.1) is 0 Å². The first-order valence-corrected chi connectivity index (χ1v) is 9.83. The zero-order valence-corrected chi connectivity index (χ0v) is 16.8. The molecule has 0 heterocycles. The van der Waals surface area contributed by atoms with Crippen molar-refractivity contribution >= 4 is 17.8 Å². The molecule has 0 radical (unpaired) electrons. The van der Waals surface area contributed by atoms with Gasteiger partial charge in [-0.05, 0) is 48.2 Å². The third-order valence-electron chi connectivity index (χ3n) is 4.87. The number of hydrogen-bond donors (Lipinski definition) is 3. The Balaban J connectivity index is 1.48. The zero-order chi connectivity index (χ0) is 21.5. The van der Waals surface area contributed by atoms with Gasteiger partial charge in [0.2, 0.25) is 5.91 Å². The Morgan fingerprint density at radius 3 is 2.20 bits per heavy atom. The number of benzene rings is 2. The van der Waals surface area contributed by atoms with Crippen molar-refractivity contribution < 1.29 is 18.8 Å². The lowest BCUT2D eigenvalue weighted by Gasteiger charge is -2.23. The molecule has 3 N–H and O–H groups in total. The van der Waals surface area contributed by atoms with Gasteiger partial charge in [-0.2, -0.15) is 0 Å². The second-order valence-corrected chi connectivity index (χ2v) is 7.19. The summed E-state index contributed by atoms with van der Waals surface area (Å²) in [7, 11) is 1.58. The highest BCUT2D eigenvalue weighted by molar-refractivity contribution is 5.94. The molecule has 2 aromatic rings. The smallest absolute Gasteiger partial charge is 0.315 e. The van der Waals surface area contributed by atoms with Gasteiger partial charge in [0.05, 0.1) is 6.54 Å². The second-order valence-electron chi connectivity index (χ2n) is 7.19. The molecule has 0 bridgehead atoms. The average Bonchev–Trinajstić information content (AvgIpc) is 3.60. The number of halogens is 1. The van der Waals surface area contributed by atoms with Gasteiger partial charge in [0, 0.05) is 31.7 Å². The fraction of sp³-hybridized carbons (Fsp3) is 0.318. The van der Waals surface area contributed by atoms with Crippen LogP contribution in [0.1, 0.15) is 34.3 Å². The Labute approximate surface area is 174 Å². The Kier molecular flexibility index (Phi) is 7.00. The van der Waals surface area contributed by atoms with Crippen LogP contribution in [0.5, 0.6) is 0 Å². The second kappa shape index (κ2) is 9.87. The lowest BCUT2D eigenvalue weighted by molar-refractivity contribution is -0.131. The van der Waals surface area contributed by atoms with E-state index in [9.17, 15) is 18.8 Å². The largest absolute Gasteiger partial charge is 0.355 e. The molecule has 30 heavy (non-hydrogen) atoms. The fourth-order valence-electron chi connectivity index (χ4n) is 3.01. The molecule has 1 aliphatic carbocycles. The third kappa shape index (κ3) is 6.04. The van der Waals surface area contributed by atoms with Crippen LogP contribution in [0.25, 0.3) is 0 Å². The lowest BCUT2D eigenvalue weighted by Crippen LogP contribution is -2.44. The van der Waals surface area contributed by atoms with Crippen LogP contribution in [-0.4, -0.2) is 42.4 Å². The summed E-state index contributed by atoms with van der Waals surface area (Å²) in [6, 6.07) is 12.7. The fourth-order valence-corrected chi connectivity index (χ4v) is 3.01. The first-order chi connectivity index (χ1) is 14.5. The molecule has 0 aliphatic heterocycles. The molecule has 0 spiro atoms. The maximum Gasteiger partial charge on any atom is 0.315 e. The minimum atomic E-state index is -0.460. The Bertz CT molecular complexity index is 896. The van der Waals surface area contributed by atoms with E-state index >= 15 is 0 Å². The van der Waals surface area contributed by atoms with Crippen molar-refractivity contribution in [2.45, 2.75) is 32.0 Å². The topological polar surface area (TPSA) is 90.5 Å². The van der Waals surface area contributed by atoms with Gasteiger partial charge in [0.25, 0.3) is 5.91 Å². The highest BCUT2D eigenvalue weighted by atomic mass is 19.1. The van der Waals surface area contributed by atoms with Crippen molar-refractivity contribution in [3.8, 4) is 0 Å². The summed E-state index contributed by atoms with van der Waals surface area (Å²) in [5.41, 5.74) is 2.24. The summed E-state index contributed by atoms with van der Waals surface area (Å²) in [4.78, 5) is 38.0. The predicted molar refractivity (Wildman–Crippen MR) is 110 cm³/mol. The van der Waals surface area contributed by atoms with E-state index in [0.29, 0.717) is 12.1 Å². The van der Waals surface area contributed by atoms with Crippen molar-refractivity contribution in [2.24, 2.45) is 0 Å². The van der Waals surface area contributed by atoms with Gasteiger partial charge >= 0.3 is 6.03 Å². The first-order valence-electron chi connectivity index (χ1n) is 9.83. The number of nitrogens with zero attached hydrogens (tertiary/aromatic N) is 1. The van der Waals surface area contributed by atoms with Gasteiger partial charge in [-0.3, -0.25) is 9.59 Å². The van der Waals surface area contributed by atoms with Crippen LogP contribution < -0.4 is 16.0 Å². The highest BCUT2D eigenvalue weighted by Crippen LogP contribution is 2.28. The molecule has 1 fully saturated rings. The molecule has 1 aliphatic rings. The molecule has 4 amide bonds. The molecule has 8 heteroatoms. The number of rotatable bonds is 8. The molecule has 7 nitrogen and oxygen atoms in total. The predicted octanol–water partition coefficient (Wildman–Crippen LogP) is 2.18. The molecule has 3 rings (SSSR count). The zero-order valence-electron chi connectivity index (χ0n) is 16.8. The van der Waals surface area contributed by atoms with Gasteiger partial charge in [-0.25, -0.2) is 9.18 Å². The van der Waals surface area contributed by atoms with Crippen LogP contribution in [0.3, 0.4) is 0 Å². The lowest BCUT2D eigenvalue weighted by atomic mass is 10.1. The normalized spacial score (nSPS) is 12.7. The van der Waals surface area contributed by atoms with E-state index in [4.69, 9.17) is 0 Å². The molecule has 2 aromatic carbocycles. The number of carbonyl (C=O) groups excluding carboxylic acids is 3. The highest BCUT2D eigenvalue weighted by Gasteiger charge is 2.32. The van der Waals surface area contributed by atoms with Gasteiger partial charge in [-0.1, -0.05) is 24.3 Å². The summed E-state index contributed by atoms with van der Waals surface area (Å²) in [5, 5.41) is 7.80. The van der Waals surface area contributed by atoms with Crippen LogP contribution in [-0.2, 0) is 17.9 Å². The molecule has 0 saturated heterocycles. The molecule has 158 valence electrons. The Hall–Kier alpha value is -3.42. The molecule has 0 aromatic heterocycles. The van der Waals surface area contributed by atoms with Crippen LogP contribution in [0.15, 0.2) is 48.5 Å². The van der Waals surface area contributed by atoms with Crippen LogP contribution in [0.2, 0.25) is 0 Å². The van der Waals surface area contributed by atoms with Gasteiger partial charge < -0.3 is 20.9 Å². The van der Waals surface area contributed by atoms with E-state index in [1.165, 1.54) is 12.1 Å². The van der Waals surface area contributed by atoms with Crippen molar-refractivity contribution in [1.29, 1.82) is 0 Å². The third-order valence-corrected chi connectivity index (χ3v) is 4.87. The SMILES string of the molecule is CNC(=O)c1ccc(CN(C(=O)CNC(=O)NCc2ccc(F)cc2)C2CC2)cc1. The van der Waals surface area contributed by atoms with Crippen LogP contribution in [0, 0.1) is 5.82 Å². The first kappa shape index (κ1) is 21.3. The summed E-state index contributed by atoms with van der Waals surface area (Å²) in [6.45, 7) is 0.558. The maximum absolute atomic E-state index is 12.9. The average molecular weight is 412 g/mol. The molecule has 0 unspecified atom stereocenters. The van der Waals surface area contributed by atoms with Crippen molar-refractivity contribution in [1.82, 2.24) is 20.9 Å². The summed E-state index contributed by atoms with van der Waals surface area (Å²) in [5.74, 6) is -0.658. The molecule has 1 saturated carbocycles. The summed E-state index contributed by atoms with van der Waals surface area (Å²) >= 11 is 0. The van der Waals surface area contributed by atoms with Crippen molar-refractivity contribution in [2.75, 3.05) is 13.6 Å².